The van der Waals surface area contributed by atoms with Gasteiger partial charge in [0.2, 0.25) is 5.71 Å². The fourth-order valence-corrected chi connectivity index (χ4v) is 6.15. The highest BCUT2D eigenvalue weighted by molar-refractivity contribution is 6.13. The van der Waals surface area contributed by atoms with Crippen LogP contribution in [-0.2, 0) is 0 Å². The number of pyridine rings is 1. The van der Waals surface area contributed by atoms with Crippen LogP contribution in [-0.4, -0.2) is 19.9 Å². The highest BCUT2D eigenvalue weighted by Gasteiger charge is 2.17. The first-order valence-electron chi connectivity index (χ1n) is 14.9. The second-order valence-corrected chi connectivity index (χ2v) is 11.1. The molecule has 0 aliphatic rings. The maximum absolute atomic E-state index is 6.22. The summed E-state index contributed by atoms with van der Waals surface area (Å²) in [6.45, 7) is 0. The minimum atomic E-state index is 0.626. The average Bonchev–Trinajstić information content (AvgIpc) is 3.48. The summed E-state index contributed by atoms with van der Waals surface area (Å²) in [6, 6.07) is 49.5. The van der Waals surface area contributed by atoms with Crippen molar-refractivity contribution in [3.63, 3.8) is 0 Å². The SMILES string of the molecule is c1ccc(-c2nc(-c3ccc(-c4cccc5oc6nc7ccccc7cc6c45)cc3)nc(-c3cccc4ccccc34)n2)cc1. The molecule has 45 heavy (non-hydrogen) atoms. The summed E-state index contributed by atoms with van der Waals surface area (Å²) in [7, 11) is 0. The molecule has 3 aromatic heterocycles. The number of hydrogen-bond acceptors (Lipinski definition) is 5. The van der Waals surface area contributed by atoms with Gasteiger partial charge in [-0.15, -0.1) is 0 Å². The Balaban J connectivity index is 1.18. The maximum Gasteiger partial charge on any atom is 0.227 e. The number of rotatable bonds is 4. The lowest BCUT2D eigenvalue weighted by atomic mass is 9.98. The van der Waals surface area contributed by atoms with Gasteiger partial charge in [0, 0.05) is 32.8 Å². The molecule has 0 aliphatic carbocycles. The first kappa shape index (κ1) is 25.3. The summed E-state index contributed by atoms with van der Waals surface area (Å²) >= 11 is 0. The third kappa shape index (κ3) is 4.33. The van der Waals surface area contributed by atoms with Crippen molar-refractivity contribution in [2.24, 2.45) is 0 Å². The number of benzene rings is 6. The van der Waals surface area contributed by atoms with E-state index in [9.17, 15) is 0 Å². The van der Waals surface area contributed by atoms with E-state index in [2.05, 4.69) is 72.8 Å². The van der Waals surface area contributed by atoms with Crippen molar-refractivity contribution in [1.29, 1.82) is 0 Å². The zero-order valence-electron chi connectivity index (χ0n) is 24.1. The van der Waals surface area contributed by atoms with E-state index in [0.29, 0.717) is 23.2 Å². The smallest absolute Gasteiger partial charge is 0.227 e. The molecule has 0 saturated heterocycles. The monoisotopic (exact) mass is 576 g/mol. The zero-order chi connectivity index (χ0) is 29.7. The molecule has 0 N–H and O–H groups in total. The highest BCUT2D eigenvalue weighted by atomic mass is 16.3. The first-order valence-corrected chi connectivity index (χ1v) is 14.9. The molecular formula is C40H24N4O. The van der Waals surface area contributed by atoms with Crippen molar-refractivity contribution >= 4 is 43.7 Å². The van der Waals surface area contributed by atoms with Gasteiger partial charge >= 0.3 is 0 Å². The molecule has 0 spiro atoms. The third-order valence-electron chi connectivity index (χ3n) is 8.34. The largest absolute Gasteiger partial charge is 0.438 e. The second kappa shape index (κ2) is 10.2. The Morgan fingerprint density at radius 1 is 0.400 bits per heavy atom. The van der Waals surface area contributed by atoms with Gasteiger partial charge in [-0.3, -0.25) is 0 Å². The molecule has 0 radical (unpaired) electrons. The van der Waals surface area contributed by atoms with E-state index in [1.165, 1.54) is 0 Å². The van der Waals surface area contributed by atoms with E-state index < -0.39 is 0 Å². The van der Waals surface area contributed by atoms with Crippen LogP contribution >= 0.6 is 0 Å². The molecule has 0 aliphatic heterocycles. The molecule has 5 heteroatoms. The van der Waals surface area contributed by atoms with Gasteiger partial charge in [0.15, 0.2) is 17.5 Å². The van der Waals surface area contributed by atoms with Gasteiger partial charge in [0.25, 0.3) is 0 Å². The predicted molar refractivity (Wildman–Crippen MR) is 182 cm³/mol. The summed E-state index contributed by atoms with van der Waals surface area (Å²) in [6.07, 6.45) is 0. The second-order valence-electron chi connectivity index (χ2n) is 11.1. The van der Waals surface area contributed by atoms with Gasteiger partial charge in [0.1, 0.15) is 5.58 Å². The summed E-state index contributed by atoms with van der Waals surface area (Å²) in [4.78, 5) is 19.7. The predicted octanol–water partition coefficient (Wildman–Crippen LogP) is 10.1. The van der Waals surface area contributed by atoms with Crippen LogP contribution in [0.1, 0.15) is 0 Å². The van der Waals surface area contributed by atoms with E-state index in [1.807, 2.05) is 72.8 Å². The Morgan fingerprint density at radius 2 is 1.02 bits per heavy atom. The summed E-state index contributed by atoms with van der Waals surface area (Å²) in [5.41, 5.74) is 7.39. The minimum absolute atomic E-state index is 0.626. The number of fused-ring (bicyclic) bond motifs is 5. The average molecular weight is 577 g/mol. The quantitative estimate of drug-likeness (QED) is 0.209. The minimum Gasteiger partial charge on any atom is -0.438 e. The lowest BCUT2D eigenvalue weighted by Crippen LogP contribution is -2.00. The summed E-state index contributed by atoms with van der Waals surface area (Å²) in [5, 5.41) is 5.40. The Kier molecular flexibility index (Phi) is 5.74. The maximum atomic E-state index is 6.22. The highest BCUT2D eigenvalue weighted by Crippen LogP contribution is 2.38. The van der Waals surface area contributed by atoms with Crippen LogP contribution in [0.5, 0.6) is 0 Å². The number of aromatic nitrogens is 4. The molecule has 9 rings (SSSR count). The molecule has 210 valence electrons. The van der Waals surface area contributed by atoms with Crippen molar-refractivity contribution in [3.05, 3.63) is 146 Å². The Morgan fingerprint density at radius 3 is 1.87 bits per heavy atom. The summed E-state index contributed by atoms with van der Waals surface area (Å²) in [5.74, 6) is 1.91. The van der Waals surface area contributed by atoms with Crippen LogP contribution in [0.4, 0.5) is 0 Å². The van der Waals surface area contributed by atoms with E-state index in [1.54, 1.807) is 0 Å². The lowest BCUT2D eigenvalue weighted by molar-refractivity contribution is 0.656. The van der Waals surface area contributed by atoms with Gasteiger partial charge < -0.3 is 4.42 Å². The Hall–Kier alpha value is -6.20. The van der Waals surface area contributed by atoms with Crippen molar-refractivity contribution < 1.29 is 4.42 Å². The van der Waals surface area contributed by atoms with E-state index >= 15 is 0 Å². The Bertz CT molecular complexity index is 2530. The normalized spacial score (nSPS) is 11.6. The molecule has 0 bridgehead atoms. The zero-order valence-corrected chi connectivity index (χ0v) is 24.1. The molecule has 0 amide bonds. The molecule has 3 heterocycles. The van der Waals surface area contributed by atoms with E-state index in [-0.39, 0.29) is 0 Å². The topological polar surface area (TPSA) is 64.7 Å². The standard InChI is InChI=1S/C40H24N4O/c1-2-11-27(12-3-1)37-42-38(44-39(43-37)32-17-8-14-25-10-4-6-15-30(25)32)28-22-20-26(21-23-28)31-16-9-19-35-36(31)33-24-29-13-5-7-18-34(29)41-40(33)45-35/h1-24H. The third-order valence-corrected chi connectivity index (χ3v) is 8.34. The van der Waals surface area contributed by atoms with Crippen molar-refractivity contribution in [1.82, 2.24) is 19.9 Å². The molecule has 0 unspecified atom stereocenters. The van der Waals surface area contributed by atoms with Crippen LogP contribution < -0.4 is 0 Å². The molecule has 0 atom stereocenters. The van der Waals surface area contributed by atoms with E-state index in [4.69, 9.17) is 24.4 Å². The Labute approximate surface area is 258 Å². The number of nitrogens with zero attached hydrogens (tertiary/aromatic N) is 4. The van der Waals surface area contributed by atoms with Crippen molar-refractivity contribution in [2.45, 2.75) is 0 Å². The van der Waals surface area contributed by atoms with Crippen LogP contribution in [0.25, 0.3) is 89.0 Å². The van der Waals surface area contributed by atoms with Gasteiger partial charge in [-0.25, -0.2) is 19.9 Å². The fourth-order valence-electron chi connectivity index (χ4n) is 6.15. The number of para-hydroxylation sites is 1. The molecular weight excluding hydrogens is 552 g/mol. The fraction of sp³-hybridized carbons (Fsp3) is 0. The molecule has 0 saturated carbocycles. The van der Waals surface area contributed by atoms with Crippen molar-refractivity contribution in [3.8, 4) is 45.3 Å². The van der Waals surface area contributed by atoms with Gasteiger partial charge in [0.05, 0.1) is 5.52 Å². The van der Waals surface area contributed by atoms with Gasteiger partial charge in [-0.05, 0) is 40.1 Å². The molecule has 9 aromatic rings. The van der Waals surface area contributed by atoms with Crippen LogP contribution in [0, 0.1) is 0 Å². The lowest BCUT2D eigenvalue weighted by Gasteiger charge is -2.11. The van der Waals surface area contributed by atoms with Crippen LogP contribution in [0.2, 0.25) is 0 Å². The summed E-state index contributed by atoms with van der Waals surface area (Å²) < 4.78 is 6.22. The molecule has 0 fully saturated rings. The number of hydrogen-bond donors (Lipinski definition) is 0. The van der Waals surface area contributed by atoms with Crippen LogP contribution in [0.15, 0.2) is 150 Å². The van der Waals surface area contributed by atoms with Gasteiger partial charge in [-0.1, -0.05) is 127 Å². The van der Waals surface area contributed by atoms with Crippen molar-refractivity contribution in [2.75, 3.05) is 0 Å². The molecule has 6 aromatic carbocycles. The van der Waals surface area contributed by atoms with Crippen LogP contribution in [0.3, 0.4) is 0 Å². The van der Waals surface area contributed by atoms with E-state index in [0.717, 1.165) is 65.8 Å². The molecule has 5 nitrogen and oxygen atoms in total. The van der Waals surface area contributed by atoms with Gasteiger partial charge in [-0.2, -0.15) is 0 Å². The number of furan rings is 1. The first-order chi connectivity index (χ1) is 22.3.